The number of thioether (sulfide) groups is 1. The van der Waals surface area contributed by atoms with E-state index in [4.69, 9.17) is 12.2 Å². The van der Waals surface area contributed by atoms with E-state index in [0.29, 0.717) is 31.7 Å². The molecule has 140 valence electrons. The van der Waals surface area contributed by atoms with E-state index >= 15 is 0 Å². The molecule has 0 aromatic heterocycles. The standard InChI is InChI=1S/C20H15N3O3S2/c1-22-19(26)17(28-20(22)27)16-13-9-5-6-10-14(13)23(18(16)25)11-15(24)21-12-7-3-2-4-8-12/h2-10H,11H2,1H3,(H,21,24)/b17-16-. The highest BCUT2D eigenvalue weighted by Gasteiger charge is 2.41. The number of anilines is 2. The number of carbonyl (C=O) groups excluding carboxylic acids is 3. The van der Waals surface area contributed by atoms with Gasteiger partial charge in [-0.2, -0.15) is 0 Å². The molecule has 6 nitrogen and oxygen atoms in total. The molecular weight excluding hydrogens is 394 g/mol. The van der Waals surface area contributed by atoms with E-state index in [-0.39, 0.29) is 24.3 Å². The number of hydrogen-bond acceptors (Lipinski definition) is 5. The first kappa shape index (κ1) is 18.4. The minimum absolute atomic E-state index is 0.152. The van der Waals surface area contributed by atoms with Gasteiger partial charge >= 0.3 is 0 Å². The van der Waals surface area contributed by atoms with Crippen molar-refractivity contribution in [1.82, 2.24) is 4.90 Å². The van der Waals surface area contributed by atoms with Crippen LogP contribution in [0.25, 0.3) is 5.57 Å². The normalized spacial score (nSPS) is 18.7. The molecule has 2 aliphatic heterocycles. The topological polar surface area (TPSA) is 69.7 Å². The van der Waals surface area contributed by atoms with Crippen LogP contribution >= 0.6 is 24.0 Å². The van der Waals surface area contributed by atoms with Crippen molar-refractivity contribution in [3.8, 4) is 0 Å². The number of fused-ring (bicyclic) bond motifs is 1. The maximum absolute atomic E-state index is 13.2. The molecule has 2 aromatic carbocycles. The number of thiocarbonyl (C=S) groups is 1. The minimum atomic E-state index is -0.377. The van der Waals surface area contributed by atoms with Gasteiger partial charge < -0.3 is 5.32 Å². The summed E-state index contributed by atoms with van der Waals surface area (Å²) in [4.78, 5) is 41.2. The maximum Gasteiger partial charge on any atom is 0.266 e. The van der Waals surface area contributed by atoms with Crippen LogP contribution in [0, 0.1) is 0 Å². The molecule has 0 spiro atoms. The summed E-state index contributed by atoms with van der Waals surface area (Å²) in [5.74, 6) is -0.999. The highest BCUT2D eigenvalue weighted by molar-refractivity contribution is 8.26. The van der Waals surface area contributed by atoms with Gasteiger partial charge in [-0.3, -0.25) is 24.2 Å². The third-order valence-electron chi connectivity index (χ3n) is 4.47. The van der Waals surface area contributed by atoms with Crippen molar-refractivity contribution in [3.05, 3.63) is 65.1 Å². The Kier molecular flexibility index (Phi) is 4.74. The van der Waals surface area contributed by atoms with Crippen LogP contribution in [0.2, 0.25) is 0 Å². The number of amides is 3. The first-order chi connectivity index (χ1) is 13.5. The molecule has 1 saturated heterocycles. The van der Waals surface area contributed by atoms with Gasteiger partial charge in [-0.15, -0.1) is 0 Å². The molecule has 0 atom stereocenters. The Hall–Kier alpha value is -2.97. The van der Waals surface area contributed by atoms with Crippen LogP contribution in [0.5, 0.6) is 0 Å². The van der Waals surface area contributed by atoms with Gasteiger partial charge in [0.25, 0.3) is 11.8 Å². The predicted molar refractivity (Wildman–Crippen MR) is 114 cm³/mol. The van der Waals surface area contributed by atoms with Gasteiger partial charge in [0.05, 0.1) is 16.2 Å². The molecule has 2 heterocycles. The third-order valence-corrected chi connectivity index (χ3v) is 6.03. The van der Waals surface area contributed by atoms with Gasteiger partial charge in [0.15, 0.2) is 0 Å². The predicted octanol–water partition coefficient (Wildman–Crippen LogP) is 2.87. The number of nitrogens with zero attached hydrogens (tertiary/aromatic N) is 2. The lowest BCUT2D eigenvalue weighted by molar-refractivity contribution is -0.121. The van der Waals surface area contributed by atoms with Crippen molar-refractivity contribution in [1.29, 1.82) is 0 Å². The molecule has 8 heteroatoms. The van der Waals surface area contributed by atoms with Crippen LogP contribution in [0.15, 0.2) is 59.5 Å². The van der Waals surface area contributed by atoms with E-state index in [1.54, 1.807) is 43.4 Å². The molecule has 0 radical (unpaired) electrons. The largest absolute Gasteiger partial charge is 0.325 e. The zero-order valence-electron chi connectivity index (χ0n) is 14.8. The second-order valence-electron chi connectivity index (χ2n) is 6.26. The lowest BCUT2D eigenvalue weighted by Crippen LogP contribution is -2.35. The molecule has 1 fully saturated rings. The summed E-state index contributed by atoms with van der Waals surface area (Å²) in [5, 5.41) is 2.78. The summed E-state index contributed by atoms with van der Waals surface area (Å²) in [6, 6.07) is 16.2. The van der Waals surface area contributed by atoms with Crippen molar-refractivity contribution in [3.63, 3.8) is 0 Å². The van der Waals surface area contributed by atoms with Crippen molar-refractivity contribution in [2.45, 2.75) is 0 Å². The van der Waals surface area contributed by atoms with Crippen molar-refractivity contribution in [2.75, 3.05) is 23.8 Å². The van der Waals surface area contributed by atoms with E-state index in [1.165, 1.54) is 9.80 Å². The van der Waals surface area contributed by atoms with Gasteiger partial charge in [0, 0.05) is 18.3 Å². The first-order valence-electron chi connectivity index (χ1n) is 8.47. The molecule has 28 heavy (non-hydrogen) atoms. The molecule has 2 aromatic rings. The summed E-state index contributed by atoms with van der Waals surface area (Å²) < 4.78 is 0.401. The smallest absolute Gasteiger partial charge is 0.266 e. The van der Waals surface area contributed by atoms with E-state index in [9.17, 15) is 14.4 Å². The summed E-state index contributed by atoms with van der Waals surface area (Å²) in [5.41, 5.74) is 2.19. The average molecular weight is 409 g/mol. The summed E-state index contributed by atoms with van der Waals surface area (Å²) in [7, 11) is 1.58. The Balaban J connectivity index is 1.67. The Morgan fingerprint density at radius 3 is 2.39 bits per heavy atom. The van der Waals surface area contributed by atoms with Gasteiger partial charge in [-0.1, -0.05) is 60.4 Å². The molecule has 0 aliphatic carbocycles. The van der Waals surface area contributed by atoms with E-state index in [1.807, 2.05) is 18.2 Å². The highest BCUT2D eigenvalue weighted by Crippen LogP contribution is 2.44. The lowest BCUT2D eigenvalue weighted by atomic mass is 10.1. The number of likely N-dealkylation sites (N-methyl/N-ethyl adjacent to an activating group) is 1. The monoisotopic (exact) mass is 409 g/mol. The van der Waals surface area contributed by atoms with Crippen molar-refractivity contribution in [2.24, 2.45) is 0 Å². The quantitative estimate of drug-likeness (QED) is 0.624. The van der Waals surface area contributed by atoms with Gasteiger partial charge in [0.2, 0.25) is 5.91 Å². The number of nitrogens with one attached hydrogen (secondary N) is 1. The molecule has 3 amide bonds. The summed E-state index contributed by atoms with van der Waals surface area (Å²) in [6.07, 6.45) is 0. The fourth-order valence-corrected chi connectivity index (χ4v) is 4.37. The molecular formula is C20H15N3O3S2. The molecule has 2 aliphatic rings. The van der Waals surface area contributed by atoms with Crippen molar-refractivity contribution >= 4 is 63.0 Å². The highest BCUT2D eigenvalue weighted by atomic mass is 32.2. The van der Waals surface area contributed by atoms with Crippen LogP contribution in [0.4, 0.5) is 11.4 Å². The molecule has 0 bridgehead atoms. The van der Waals surface area contributed by atoms with Crippen molar-refractivity contribution < 1.29 is 14.4 Å². The maximum atomic E-state index is 13.2. The average Bonchev–Trinajstić information content (AvgIpc) is 3.10. The fourth-order valence-electron chi connectivity index (χ4n) is 3.11. The number of hydrogen-bond donors (Lipinski definition) is 1. The van der Waals surface area contributed by atoms with E-state index in [2.05, 4.69) is 5.32 Å². The fraction of sp³-hybridized carbons (Fsp3) is 0.100. The number of benzene rings is 2. The van der Waals surface area contributed by atoms with Crippen LogP contribution in [0.1, 0.15) is 5.56 Å². The second-order valence-corrected chi connectivity index (χ2v) is 7.90. The molecule has 0 saturated carbocycles. The zero-order chi connectivity index (χ0) is 19.8. The summed E-state index contributed by atoms with van der Waals surface area (Å²) >= 11 is 6.30. The van der Waals surface area contributed by atoms with Gasteiger partial charge in [-0.05, 0) is 18.2 Å². The zero-order valence-corrected chi connectivity index (χ0v) is 16.5. The second kappa shape index (κ2) is 7.21. The number of carbonyl (C=O) groups is 3. The third kappa shape index (κ3) is 3.10. The SMILES string of the molecule is CN1C(=O)/C(=C2/C(=O)N(CC(=O)Nc3ccccc3)c3ccccc32)SC1=S. The Morgan fingerprint density at radius 2 is 1.71 bits per heavy atom. The van der Waals surface area contributed by atoms with E-state index in [0.717, 1.165) is 11.8 Å². The Labute approximate surface area is 171 Å². The van der Waals surface area contributed by atoms with Gasteiger partial charge in [0.1, 0.15) is 10.9 Å². The van der Waals surface area contributed by atoms with Crippen LogP contribution in [-0.4, -0.2) is 40.5 Å². The molecule has 0 unspecified atom stereocenters. The van der Waals surface area contributed by atoms with Gasteiger partial charge in [-0.25, -0.2) is 0 Å². The Bertz CT molecular complexity index is 1050. The first-order valence-corrected chi connectivity index (χ1v) is 9.70. The number of para-hydroxylation sites is 2. The Morgan fingerprint density at radius 1 is 1.04 bits per heavy atom. The van der Waals surface area contributed by atoms with Crippen LogP contribution in [-0.2, 0) is 14.4 Å². The molecule has 1 N–H and O–H groups in total. The van der Waals surface area contributed by atoms with Crippen LogP contribution in [0.3, 0.4) is 0 Å². The molecule has 4 rings (SSSR count). The lowest BCUT2D eigenvalue weighted by Gasteiger charge is -2.16. The van der Waals surface area contributed by atoms with E-state index < -0.39 is 0 Å². The van der Waals surface area contributed by atoms with Crippen LogP contribution < -0.4 is 10.2 Å². The minimum Gasteiger partial charge on any atom is -0.325 e. The summed E-state index contributed by atoms with van der Waals surface area (Å²) in [6.45, 7) is -0.152. The number of rotatable bonds is 3.